The second-order valence-electron chi connectivity index (χ2n) is 8.64. The van der Waals surface area contributed by atoms with E-state index in [-0.39, 0.29) is 11.9 Å². The highest BCUT2D eigenvalue weighted by molar-refractivity contribution is 5.93. The van der Waals surface area contributed by atoms with Gasteiger partial charge in [-0.15, -0.1) is 0 Å². The maximum absolute atomic E-state index is 13.7. The third-order valence-corrected chi connectivity index (χ3v) is 6.77. The number of nitrogens with zero attached hydrogens (tertiary/aromatic N) is 3. The minimum Gasteiger partial charge on any atom is -0.497 e. The quantitative estimate of drug-likeness (QED) is 0.797. The number of ether oxygens (including phenoxy) is 2. The fourth-order valence-electron chi connectivity index (χ4n) is 4.87. The maximum atomic E-state index is 13.7. The van der Waals surface area contributed by atoms with Gasteiger partial charge in [-0.05, 0) is 67.3 Å². The largest absolute Gasteiger partial charge is 0.497 e. The van der Waals surface area contributed by atoms with Crippen LogP contribution in [0.5, 0.6) is 5.75 Å². The average Bonchev–Trinajstić information content (AvgIpc) is 3.54. The molecule has 1 aromatic heterocycles. The summed E-state index contributed by atoms with van der Waals surface area (Å²) >= 11 is 0. The van der Waals surface area contributed by atoms with Gasteiger partial charge < -0.3 is 14.4 Å². The van der Waals surface area contributed by atoms with Gasteiger partial charge in [0.2, 0.25) is 0 Å². The summed E-state index contributed by atoms with van der Waals surface area (Å²) in [4.78, 5) is 15.8. The lowest BCUT2D eigenvalue weighted by molar-refractivity contribution is 0.0175. The zero-order valence-corrected chi connectivity index (χ0v) is 17.3. The van der Waals surface area contributed by atoms with Gasteiger partial charge in [0.25, 0.3) is 5.91 Å². The van der Waals surface area contributed by atoms with Crippen LogP contribution in [-0.4, -0.2) is 47.0 Å². The fraction of sp³-hybridized carbons (Fsp3) is 0.565. The molecule has 6 nitrogen and oxygen atoms in total. The Hall–Kier alpha value is -2.34. The van der Waals surface area contributed by atoms with Gasteiger partial charge >= 0.3 is 0 Å². The van der Waals surface area contributed by atoms with Gasteiger partial charge in [0, 0.05) is 38.8 Å². The molecule has 2 aliphatic heterocycles. The van der Waals surface area contributed by atoms with Crippen molar-refractivity contribution in [3.63, 3.8) is 0 Å². The first-order valence-electron chi connectivity index (χ1n) is 10.7. The zero-order valence-electron chi connectivity index (χ0n) is 17.3. The molecule has 1 saturated heterocycles. The Morgan fingerprint density at radius 3 is 2.66 bits per heavy atom. The molecule has 1 saturated carbocycles. The van der Waals surface area contributed by atoms with Gasteiger partial charge in [-0.2, -0.15) is 5.10 Å². The highest BCUT2D eigenvalue weighted by atomic mass is 16.5. The fourth-order valence-corrected chi connectivity index (χ4v) is 4.87. The Labute approximate surface area is 171 Å². The van der Waals surface area contributed by atoms with Gasteiger partial charge in [-0.1, -0.05) is 6.07 Å². The van der Waals surface area contributed by atoms with Crippen molar-refractivity contribution in [2.24, 2.45) is 13.0 Å². The van der Waals surface area contributed by atoms with E-state index in [2.05, 4.69) is 22.1 Å². The van der Waals surface area contributed by atoms with Crippen LogP contribution in [0.1, 0.15) is 58.9 Å². The predicted molar refractivity (Wildman–Crippen MR) is 109 cm³/mol. The molecule has 3 heterocycles. The van der Waals surface area contributed by atoms with Crippen LogP contribution in [0.2, 0.25) is 0 Å². The van der Waals surface area contributed by atoms with E-state index in [4.69, 9.17) is 9.47 Å². The summed E-state index contributed by atoms with van der Waals surface area (Å²) in [7, 11) is 3.60. The molecule has 1 aliphatic carbocycles. The Bertz CT molecular complexity index is 912. The molecule has 1 unspecified atom stereocenters. The number of hydrogen-bond donors (Lipinski definition) is 0. The molecule has 0 spiro atoms. The Morgan fingerprint density at radius 1 is 1.14 bits per heavy atom. The highest BCUT2D eigenvalue weighted by Crippen LogP contribution is 2.40. The number of amides is 1. The first-order chi connectivity index (χ1) is 14.1. The van der Waals surface area contributed by atoms with Gasteiger partial charge in [0.1, 0.15) is 11.4 Å². The molecule has 2 aromatic rings. The number of aryl methyl sites for hydroxylation is 1. The van der Waals surface area contributed by atoms with Crippen LogP contribution in [0.25, 0.3) is 0 Å². The van der Waals surface area contributed by atoms with E-state index >= 15 is 0 Å². The molecule has 1 aromatic carbocycles. The van der Waals surface area contributed by atoms with E-state index in [0.29, 0.717) is 24.1 Å². The van der Waals surface area contributed by atoms with Crippen LogP contribution < -0.4 is 4.74 Å². The van der Waals surface area contributed by atoms with Crippen LogP contribution in [-0.2, 0) is 24.8 Å². The van der Waals surface area contributed by atoms with E-state index in [9.17, 15) is 4.79 Å². The lowest BCUT2D eigenvalue weighted by atomic mass is 9.82. The van der Waals surface area contributed by atoms with Crippen molar-refractivity contribution in [3.8, 4) is 5.75 Å². The van der Waals surface area contributed by atoms with Crippen molar-refractivity contribution >= 4 is 5.91 Å². The van der Waals surface area contributed by atoms with Crippen molar-refractivity contribution in [3.05, 3.63) is 46.8 Å². The normalized spacial score (nSPS) is 22.4. The van der Waals surface area contributed by atoms with E-state index < -0.39 is 0 Å². The Kier molecular flexibility index (Phi) is 4.82. The topological polar surface area (TPSA) is 56.6 Å². The summed E-state index contributed by atoms with van der Waals surface area (Å²) in [6.45, 7) is 2.21. The molecular weight excluding hydrogens is 366 g/mol. The minimum atomic E-state index is 0.102. The monoisotopic (exact) mass is 395 g/mol. The van der Waals surface area contributed by atoms with E-state index in [1.165, 1.54) is 24.0 Å². The lowest BCUT2D eigenvalue weighted by Crippen LogP contribution is -2.49. The average molecular weight is 396 g/mol. The molecule has 1 atom stereocenters. The molecule has 0 radical (unpaired) electrons. The summed E-state index contributed by atoms with van der Waals surface area (Å²) in [6.07, 6.45) is 5.26. The zero-order chi connectivity index (χ0) is 20.0. The molecule has 3 aliphatic rings. The van der Waals surface area contributed by atoms with Crippen molar-refractivity contribution in [1.82, 2.24) is 14.7 Å². The summed E-state index contributed by atoms with van der Waals surface area (Å²) < 4.78 is 12.8. The Balaban J connectivity index is 1.48. The minimum absolute atomic E-state index is 0.102. The standard InChI is InChI=1S/C23H29N3O3/c1-25-22(13-20(24-25)15-3-4-15)23(27)26-14-17-5-6-19(28-2)11-18(17)12-21(26)16-7-9-29-10-8-16/h5-6,11,13,15-16,21H,3-4,7-10,12,14H2,1-2H3. The summed E-state index contributed by atoms with van der Waals surface area (Å²) in [5.74, 6) is 1.99. The number of aromatic nitrogens is 2. The van der Waals surface area contributed by atoms with Crippen molar-refractivity contribution in [2.75, 3.05) is 20.3 Å². The number of methoxy groups -OCH3 is 1. The van der Waals surface area contributed by atoms with E-state index in [1.807, 2.05) is 19.2 Å². The van der Waals surface area contributed by atoms with Crippen LogP contribution in [0.3, 0.4) is 0 Å². The van der Waals surface area contributed by atoms with Gasteiger partial charge in [0.05, 0.1) is 12.8 Å². The second kappa shape index (κ2) is 7.48. The molecule has 1 amide bonds. The van der Waals surface area contributed by atoms with Crippen molar-refractivity contribution < 1.29 is 14.3 Å². The van der Waals surface area contributed by atoms with Crippen LogP contribution >= 0.6 is 0 Å². The van der Waals surface area contributed by atoms with Crippen LogP contribution in [0.4, 0.5) is 0 Å². The molecule has 29 heavy (non-hydrogen) atoms. The predicted octanol–water partition coefficient (Wildman–Crippen LogP) is 3.30. The first kappa shape index (κ1) is 18.7. The number of hydrogen-bond acceptors (Lipinski definition) is 4. The lowest BCUT2D eigenvalue weighted by Gasteiger charge is -2.42. The van der Waals surface area contributed by atoms with Crippen LogP contribution in [0.15, 0.2) is 24.3 Å². The molecule has 6 heteroatoms. The first-order valence-corrected chi connectivity index (χ1v) is 10.7. The molecule has 5 rings (SSSR count). The van der Waals surface area contributed by atoms with Crippen molar-refractivity contribution in [1.29, 1.82) is 0 Å². The maximum Gasteiger partial charge on any atom is 0.272 e. The molecule has 2 fully saturated rings. The SMILES string of the molecule is COc1ccc2c(c1)CC(C1CCOCC1)N(C(=O)c1cc(C3CC3)nn1C)C2. The summed E-state index contributed by atoms with van der Waals surface area (Å²) in [6, 6.07) is 8.44. The Morgan fingerprint density at radius 2 is 1.93 bits per heavy atom. The van der Waals surface area contributed by atoms with Gasteiger partial charge in [0.15, 0.2) is 0 Å². The number of rotatable bonds is 4. The van der Waals surface area contributed by atoms with E-state index in [1.54, 1.807) is 11.8 Å². The second-order valence-corrected chi connectivity index (χ2v) is 8.64. The summed E-state index contributed by atoms with van der Waals surface area (Å²) in [5, 5.41) is 4.63. The highest BCUT2D eigenvalue weighted by Gasteiger charge is 2.38. The number of carbonyl (C=O) groups is 1. The number of carbonyl (C=O) groups excluding carboxylic acids is 1. The molecule has 0 bridgehead atoms. The summed E-state index contributed by atoms with van der Waals surface area (Å²) in [5.41, 5.74) is 4.29. The van der Waals surface area contributed by atoms with Gasteiger partial charge in [-0.25, -0.2) is 0 Å². The van der Waals surface area contributed by atoms with Crippen LogP contribution in [0, 0.1) is 5.92 Å². The molecular formula is C23H29N3O3. The third kappa shape index (κ3) is 3.54. The molecule has 0 N–H and O–H groups in total. The van der Waals surface area contributed by atoms with Crippen molar-refractivity contribution in [2.45, 2.75) is 50.6 Å². The number of benzene rings is 1. The smallest absolute Gasteiger partial charge is 0.272 e. The third-order valence-electron chi connectivity index (χ3n) is 6.77. The van der Waals surface area contributed by atoms with E-state index in [0.717, 1.165) is 43.9 Å². The molecule has 154 valence electrons. The van der Waals surface area contributed by atoms with Gasteiger partial charge in [-0.3, -0.25) is 9.48 Å². The number of fused-ring (bicyclic) bond motifs is 1.